The number of aromatic nitrogens is 2. The van der Waals surface area contributed by atoms with Crippen LogP contribution in [0, 0.1) is 0 Å². The molecule has 14 nitrogen and oxygen atoms in total. The number of pyridine rings is 2. The first-order valence-corrected chi connectivity index (χ1v) is 8.36. The van der Waals surface area contributed by atoms with Crippen LogP contribution in [0.4, 0.5) is 11.4 Å². The van der Waals surface area contributed by atoms with Crippen LogP contribution >= 0.6 is 0 Å². The van der Waals surface area contributed by atoms with Crippen LogP contribution in [0.25, 0.3) is 0 Å². The van der Waals surface area contributed by atoms with Crippen LogP contribution in [0.1, 0.15) is 0 Å². The van der Waals surface area contributed by atoms with Crippen LogP contribution in [0.3, 0.4) is 0 Å². The topological polar surface area (TPSA) is 228 Å². The molecule has 2 aromatic rings. The highest BCUT2D eigenvalue weighted by molar-refractivity contribution is 6.69. The van der Waals surface area contributed by atoms with Gasteiger partial charge in [0.15, 0.2) is 34.8 Å². The maximum absolute atomic E-state index is 5.51. The van der Waals surface area contributed by atoms with Crippen molar-refractivity contribution in [3.05, 3.63) is 49.1 Å². The van der Waals surface area contributed by atoms with E-state index >= 15 is 0 Å². The number of hydrazone groups is 2. The molecule has 0 radical (unpaired) electrons. The molecule has 0 amide bonds. The maximum Gasteiger partial charge on any atom is 0.177 e. The number of nitrogens with zero attached hydrogens (tertiary/aromatic N) is 8. The standard InChI is InChI=1S/2C8H9N7/c2*9-7-6(8(10)15-14-7)13-12-5-1-3-11-4-2-5/h2*1-4H,(H,11,12)(H4,9,10,13,14,15). The largest absolute Gasteiger partial charge is 0.380 e. The zero-order valence-electron chi connectivity index (χ0n) is 15.5. The fourth-order valence-corrected chi connectivity index (χ4v) is 1.99. The first-order valence-electron chi connectivity index (χ1n) is 8.36. The summed E-state index contributed by atoms with van der Waals surface area (Å²) in [5.74, 6) is 0.811. The lowest BCUT2D eigenvalue weighted by Crippen LogP contribution is -2.32. The van der Waals surface area contributed by atoms with Crippen molar-refractivity contribution in [3.8, 4) is 0 Å². The van der Waals surface area contributed by atoms with Crippen LogP contribution in [0.2, 0.25) is 0 Å². The van der Waals surface area contributed by atoms with Gasteiger partial charge in [0.25, 0.3) is 0 Å². The Morgan fingerprint density at radius 1 is 0.533 bits per heavy atom. The molecule has 0 atom stereocenters. The van der Waals surface area contributed by atoms with Crippen molar-refractivity contribution in [2.24, 2.45) is 53.5 Å². The summed E-state index contributed by atoms with van der Waals surface area (Å²) in [6, 6.07) is 7.05. The van der Waals surface area contributed by atoms with Crippen LogP contribution < -0.4 is 33.8 Å². The van der Waals surface area contributed by atoms with E-state index in [9.17, 15) is 0 Å². The van der Waals surface area contributed by atoms with Gasteiger partial charge in [-0.05, 0) is 24.3 Å². The van der Waals surface area contributed by atoms with Crippen molar-refractivity contribution in [1.29, 1.82) is 0 Å². The lowest BCUT2D eigenvalue weighted by Gasteiger charge is -2.00. The van der Waals surface area contributed by atoms with E-state index in [0.717, 1.165) is 11.4 Å². The number of nitrogens with one attached hydrogen (secondary N) is 2. The molecular formula is C16H18N14. The van der Waals surface area contributed by atoms with Crippen molar-refractivity contribution in [3.63, 3.8) is 0 Å². The number of anilines is 2. The van der Waals surface area contributed by atoms with Gasteiger partial charge in [-0.1, -0.05) is 0 Å². The number of hydrogen-bond acceptors (Lipinski definition) is 14. The molecule has 0 aliphatic carbocycles. The summed E-state index contributed by atoms with van der Waals surface area (Å²) in [6.45, 7) is 0. The van der Waals surface area contributed by atoms with E-state index in [1.807, 2.05) is 0 Å². The summed E-state index contributed by atoms with van der Waals surface area (Å²) in [5, 5.41) is 22.3. The Bertz CT molecular complexity index is 938. The van der Waals surface area contributed by atoms with E-state index in [2.05, 4.69) is 51.4 Å². The third-order valence-electron chi connectivity index (χ3n) is 3.46. The minimum atomic E-state index is 0.203. The van der Waals surface area contributed by atoms with Gasteiger partial charge in [-0.15, -0.1) is 20.4 Å². The summed E-state index contributed by atoms with van der Waals surface area (Å²) < 4.78 is 0. The highest BCUT2D eigenvalue weighted by Crippen LogP contribution is 2.04. The second-order valence-electron chi connectivity index (χ2n) is 5.56. The Morgan fingerprint density at radius 3 is 1.13 bits per heavy atom. The molecule has 4 rings (SSSR count). The summed E-state index contributed by atoms with van der Waals surface area (Å²) in [5.41, 5.74) is 29.8. The molecule has 14 heteroatoms. The smallest absolute Gasteiger partial charge is 0.177 e. The first kappa shape index (κ1) is 19.9. The first-order chi connectivity index (χ1) is 14.5. The van der Waals surface area contributed by atoms with Crippen molar-refractivity contribution in [2.45, 2.75) is 0 Å². The highest BCUT2D eigenvalue weighted by atomic mass is 15.4. The minimum absolute atomic E-state index is 0.203. The van der Waals surface area contributed by atoms with Gasteiger partial charge in [-0.2, -0.15) is 10.2 Å². The third-order valence-corrected chi connectivity index (χ3v) is 3.46. The Labute approximate surface area is 170 Å². The fraction of sp³-hybridized carbons (Fsp3) is 0. The molecule has 0 unspecified atom stereocenters. The Balaban J connectivity index is 0.000000171. The second kappa shape index (κ2) is 9.36. The summed E-state index contributed by atoms with van der Waals surface area (Å²) in [7, 11) is 0. The van der Waals surface area contributed by atoms with Gasteiger partial charge in [0, 0.05) is 24.8 Å². The van der Waals surface area contributed by atoms with Gasteiger partial charge in [-0.25, -0.2) is 0 Å². The fourth-order valence-electron chi connectivity index (χ4n) is 1.99. The molecule has 0 saturated heterocycles. The molecule has 10 N–H and O–H groups in total. The summed E-state index contributed by atoms with van der Waals surface area (Å²) in [4.78, 5) is 7.74. The Morgan fingerprint density at radius 2 is 0.833 bits per heavy atom. The molecule has 0 spiro atoms. The monoisotopic (exact) mass is 406 g/mol. The molecule has 0 saturated carbocycles. The van der Waals surface area contributed by atoms with Crippen molar-refractivity contribution < 1.29 is 0 Å². The molecule has 4 heterocycles. The molecule has 2 aromatic heterocycles. The molecule has 2 aliphatic heterocycles. The maximum atomic E-state index is 5.51. The third kappa shape index (κ3) is 5.10. The van der Waals surface area contributed by atoms with Crippen LogP contribution in [0.5, 0.6) is 0 Å². The van der Waals surface area contributed by atoms with E-state index in [4.69, 9.17) is 22.9 Å². The van der Waals surface area contributed by atoms with Crippen LogP contribution in [0.15, 0.2) is 79.7 Å². The van der Waals surface area contributed by atoms with Gasteiger partial charge in [-0.3, -0.25) is 20.8 Å². The molecule has 0 aromatic carbocycles. The number of hydrogen-bond donors (Lipinski definition) is 6. The van der Waals surface area contributed by atoms with Gasteiger partial charge in [0.05, 0.1) is 11.4 Å². The number of nitrogens with two attached hydrogens (primary N) is 4. The lowest BCUT2D eigenvalue weighted by molar-refractivity contribution is 1.25. The van der Waals surface area contributed by atoms with Crippen molar-refractivity contribution >= 4 is 46.1 Å². The molecule has 0 bridgehead atoms. The average Bonchev–Trinajstić information content (AvgIpc) is 3.27. The molecule has 30 heavy (non-hydrogen) atoms. The van der Waals surface area contributed by atoms with Gasteiger partial charge in [0.2, 0.25) is 0 Å². The zero-order valence-corrected chi connectivity index (χ0v) is 15.5. The Kier molecular flexibility index (Phi) is 6.20. The Hall–Kier alpha value is -4.88. The van der Waals surface area contributed by atoms with E-state index in [0.29, 0.717) is 11.4 Å². The van der Waals surface area contributed by atoms with Gasteiger partial charge >= 0.3 is 0 Å². The molecule has 0 fully saturated rings. The van der Waals surface area contributed by atoms with Crippen molar-refractivity contribution in [2.75, 3.05) is 10.9 Å². The van der Waals surface area contributed by atoms with Crippen LogP contribution in [-0.4, -0.2) is 44.7 Å². The van der Waals surface area contributed by atoms with E-state index < -0.39 is 0 Å². The van der Waals surface area contributed by atoms with E-state index in [1.165, 1.54) is 0 Å². The molecule has 2 aliphatic rings. The zero-order chi connectivity index (χ0) is 21.3. The van der Waals surface area contributed by atoms with Gasteiger partial charge in [0.1, 0.15) is 0 Å². The SMILES string of the molecule is NC1=NN=C(N)C1=NNc1ccncc1.NC1=NN=C(N)C1=NNc1ccncc1. The predicted octanol–water partition coefficient (Wildman–Crippen LogP) is -1.01. The molecular weight excluding hydrogens is 388 g/mol. The van der Waals surface area contributed by atoms with Gasteiger partial charge < -0.3 is 22.9 Å². The number of amidine groups is 4. The quantitative estimate of drug-likeness (QED) is 0.343. The average molecular weight is 406 g/mol. The lowest BCUT2D eigenvalue weighted by atomic mass is 10.3. The van der Waals surface area contributed by atoms with Crippen molar-refractivity contribution in [1.82, 2.24) is 9.97 Å². The number of rotatable bonds is 4. The normalized spacial score (nSPS) is 14.5. The second-order valence-corrected chi connectivity index (χ2v) is 5.56. The summed E-state index contributed by atoms with van der Waals surface area (Å²) >= 11 is 0. The highest BCUT2D eigenvalue weighted by Gasteiger charge is 2.16. The minimum Gasteiger partial charge on any atom is -0.380 e. The van der Waals surface area contributed by atoms with Crippen LogP contribution in [-0.2, 0) is 0 Å². The van der Waals surface area contributed by atoms with E-state index in [1.54, 1.807) is 49.1 Å². The summed E-state index contributed by atoms with van der Waals surface area (Å²) in [6.07, 6.45) is 6.58. The molecule has 152 valence electrons. The predicted molar refractivity (Wildman–Crippen MR) is 117 cm³/mol. The van der Waals surface area contributed by atoms with E-state index in [-0.39, 0.29) is 23.3 Å².